The minimum absolute atomic E-state index is 0. The lowest BCUT2D eigenvalue weighted by Crippen LogP contribution is -2.43. The molecule has 1 amide bonds. The Morgan fingerprint density at radius 1 is 1.33 bits per heavy atom. The van der Waals surface area contributed by atoms with E-state index in [4.69, 9.17) is 5.73 Å². The second kappa shape index (κ2) is 10.0. The van der Waals surface area contributed by atoms with E-state index in [9.17, 15) is 9.59 Å². The summed E-state index contributed by atoms with van der Waals surface area (Å²) in [6, 6.07) is 0.138. The number of rotatable bonds is 6. The van der Waals surface area contributed by atoms with Crippen LogP contribution in [0.1, 0.15) is 46.0 Å². The molecule has 0 spiro atoms. The van der Waals surface area contributed by atoms with Gasteiger partial charge in [-0.3, -0.25) is 9.59 Å². The molecule has 1 aliphatic carbocycles. The van der Waals surface area contributed by atoms with Gasteiger partial charge in [0.15, 0.2) is 0 Å². The Hall–Kier alpha value is -0.810. The molecule has 0 aromatic heterocycles. The number of carbonyl (C=O) groups is 2. The number of nitrogens with zero attached hydrogens (tertiary/aromatic N) is 1. The minimum atomic E-state index is -0.271. The molecule has 2 unspecified atom stereocenters. The molecular formula is C15H29ClN2O3. The molecule has 1 aliphatic rings. The van der Waals surface area contributed by atoms with Crippen LogP contribution < -0.4 is 5.73 Å². The smallest absolute Gasteiger partial charge is 0.307 e. The van der Waals surface area contributed by atoms with Crippen molar-refractivity contribution in [2.45, 2.75) is 52.0 Å². The van der Waals surface area contributed by atoms with E-state index in [-0.39, 0.29) is 42.7 Å². The lowest BCUT2D eigenvalue weighted by molar-refractivity contribution is -0.143. The molecule has 124 valence electrons. The standard InChI is InChI=1S/C15H28N2O3.ClH/c1-11(2)10-17(8-7-14(18)20-3)15(19)12-5-4-6-13(16)9-12;/h11-13H,4-10,16H2,1-3H3;1H. The molecule has 5 nitrogen and oxygen atoms in total. The van der Waals surface area contributed by atoms with Crippen LogP contribution in [0.5, 0.6) is 0 Å². The van der Waals surface area contributed by atoms with Crippen molar-refractivity contribution >= 4 is 24.3 Å². The summed E-state index contributed by atoms with van der Waals surface area (Å²) < 4.78 is 4.65. The van der Waals surface area contributed by atoms with E-state index >= 15 is 0 Å². The summed E-state index contributed by atoms with van der Waals surface area (Å²) in [5, 5.41) is 0. The summed E-state index contributed by atoms with van der Waals surface area (Å²) in [6.07, 6.45) is 3.97. The van der Waals surface area contributed by atoms with Gasteiger partial charge in [0.05, 0.1) is 13.5 Å². The van der Waals surface area contributed by atoms with Crippen LogP contribution in [-0.4, -0.2) is 43.0 Å². The molecule has 0 radical (unpaired) electrons. The summed E-state index contributed by atoms with van der Waals surface area (Å²) in [4.78, 5) is 25.7. The number of esters is 1. The summed E-state index contributed by atoms with van der Waals surface area (Å²) >= 11 is 0. The summed E-state index contributed by atoms with van der Waals surface area (Å²) in [5.74, 6) is 0.286. The van der Waals surface area contributed by atoms with Gasteiger partial charge in [-0.05, 0) is 25.2 Å². The number of carbonyl (C=O) groups excluding carboxylic acids is 2. The van der Waals surface area contributed by atoms with E-state index in [1.54, 1.807) is 0 Å². The van der Waals surface area contributed by atoms with E-state index in [2.05, 4.69) is 18.6 Å². The van der Waals surface area contributed by atoms with Crippen LogP contribution in [-0.2, 0) is 14.3 Å². The fraction of sp³-hybridized carbons (Fsp3) is 0.867. The van der Waals surface area contributed by atoms with Gasteiger partial charge in [0.1, 0.15) is 0 Å². The number of hydrogen-bond acceptors (Lipinski definition) is 4. The Balaban J connectivity index is 0.00000400. The number of ether oxygens (including phenoxy) is 1. The molecule has 1 fully saturated rings. The Kier molecular flexibility index (Phi) is 9.62. The van der Waals surface area contributed by atoms with Crippen LogP contribution >= 0.6 is 12.4 Å². The molecule has 0 heterocycles. The van der Waals surface area contributed by atoms with Gasteiger partial charge in [-0.2, -0.15) is 0 Å². The van der Waals surface area contributed by atoms with Crippen molar-refractivity contribution in [2.24, 2.45) is 17.6 Å². The third-order valence-electron chi connectivity index (χ3n) is 3.77. The summed E-state index contributed by atoms with van der Waals surface area (Å²) in [6.45, 7) is 5.27. The third kappa shape index (κ3) is 7.14. The van der Waals surface area contributed by atoms with Crippen molar-refractivity contribution < 1.29 is 14.3 Å². The molecule has 2 atom stereocenters. The Morgan fingerprint density at radius 2 is 2.00 bits per heavy atom. The Bertz CT molecular complexity index is 337. The van der Waals surface area contributed by atoms with Gasteiger partial charge in [0.2, 0.25) is 5.91 Å². The highest BCUT2D eigenvalue weighted by molar-refractivity contribution is 5.85. The zero-order valence-electron chi connectivity index (χ0n) is 13.3. The molecule has 0 aliphatic heterocycles. The first-order valence-electron chi connectivity index (χ1n) is 7.55. The maximum Gasteiger partial charge on any atom is 0.307 e. The number of methoxy groups -OCH3 is 1. The van der Waals surface area contributed by atoms with Crippen LogP contribution in [0.4, 0.5) is 0 Å². The van der Waals surface area contributed by atoms with Gasteiger partial charge in [-0.1, -0.05) is 20.3 Å². The number of nitrogens with two attached hydrogens (primary N) is 1. The average molecular weight is 321 g/mol. The third-order valence-corrected chi connectivity index (χ3v) is 3.77. The highest BCUT2D eigenvalue weighted by atomic mass is 35.5. The maximum absolute atomic E-state index is 12.6. The zero-order chi connectivity index (χ0) is 15.1. The molecule has 21 heavy (non-hydrogen) atoms. The van der Waals surface area contributed by atoms with Gasteiger partial charge in [-0.25, -0.2) is 0 Å². The maximum atomic E-state index is 12.6. The molecule has 0 aromatic carbocycles. The first-order valence-corrected chi connectivity index (χ1v) is 7.55. The second-order valence-electron chi connectivity index (χ2n) is 6.13. The molecule has 1 rings (SSSR count). The topological polar surface area (TPSA) is 72.6 Å². The predicted molar refractivity (Wildman–Crippen MR) is 85.2 cm³/mol. The van der Waals surface area contributed by atoms with E-state index in [0.717, 1.165) is 25.7 Å². The molecule has 6 heteroatoms. The SMILES string of the molecule is COC(=O)CCN(CC(C)C)C(=O)C1CCCC(N)C1.Cl. The van der Waals surface area contributed by atoms with Crippen LogP contribution in [0.3, 0.4) is 0 Å². The van der Waals surface area contributed by atoms with Gasteiger partial charge in [0, 0.05) is 25.0 Å². The average Bonchev–Trinajstić information content (AvgIpc) is 2.41. The van der Waals surface area contributed by atoms with E-state index in [1.165, 1.54) is 7.11 Å². The fourth-order valence-electron chi connectivity index (χ4n) is 2.77. The molecule has 1 saturated carbocycles. The molecule has 0 bridgehead atoms. The summed E-state index contributed by atoms with van der Waals surface area (Å²) in [7, 11) is 1.37. The molecule has 0 aromatic rings. The van der Waals surface area contributed by atoms with E-state index < -0.39 is 0 Å². The highest BCUT2D eigenvalue weighted by Crippen LogP contribution is 2.25. The zero-order valence-corrected chi connectivity index (χ0v) is 14.2. The molecular weight excluding hydrogens is 292 g/mol. The van der Waals surface area contributed by atoms with Crippen molar-refractivity contribution in [3.8, 4) is 0 Å². The van der Waals surface area contributed by atoms with Crippen LogP contribution in [0.2, 0.25) is 0 Å². The highest BCUT2D eigenvalue weighted by Gasteiger charge is 2.29. The lowest BCUT2D eigenvalue weighted by Gasteiger charge is -2.32. The second-order valence-corrected chi connectivity index (χ2v) is 6.13. The first-order chi connectivity index (χ1) is 9.43. The van der Waals surface area contributed by atoms with Crippen LogP contribution in [0.25, 0.3) is 0 Å². The fourth-order valence-corrected chi connectivity index (χ4v) is 2.77. The van der Waals surface area contributed by atoms with Crippen LogP contribution in [0.15, 0.2) is 0 Å². The monoisotopic (exact) mass is 320 g/mol. The van der Waals surface area contributed by atoms with Crippen molar-refractivity contribution in [3.63, 3.8) is 0 Å². The van der Waals surface area contributed by atoms with Gasteiger partial charge in [0.25, 0.3) is 0 Å². The van der Waals surface area contributed by atoms with E-state index in [0.29, 0.717) is 19.0 Å². The molecule has 2 N–H and O–H groups in total. The summed E-state index contributed by atoms with van der Waals surface area (Å²) in [5.41, 5.74) is 5.96. The van der Waals surface area contributed by atoms with Crippen molar-refractivity contribution in [1.29, 1.82) is 0 Å². The number of amides is 1. The normalized spacial score (nSPS) is 21.6. The Morgan fingerprint density at radius 3 is 2.52 bits per heavy atom. The van der Waals surface area contributed by atoms with Crippen molar-refractivity contribution in [3.05, 3.63) is 0 Å². The molecule has 0 saturated heterocycles. The van der Waals surface area contributed by atoms with Crippen molar-refractivity contribution in [1.82, 2.24) is 4.90 Å². The number of hydrogen-bond donors (Lipinski definition) is 1. The largest absolute Gasteiger partial charge is 0.469 e. The predicted octanol–water partition coefficient (Wildman–Crippen LogP) is 1.97. The number of halogens is 1. The minimum Gasteiger partial charge on any atom is -0.469 e. The quantitative estimate of drug-likeness (QED) is 0.759. The Labute approximate surface area is 134 Å². The van der Waals surface area contributed by atoms with Crippen LogP contribution in [0, 0.1) is 11.8 Å². The van der Waals surface area contributed by atoms with Crippen molar-refractivity contribution in [2.75, 3.05) is 20.2 Å². The van der Waals surface area contributed by atoms with E-state index in [1.807, 2.05) is 4.90 Å². The van der Waals surface area contributed by atoms with Gasteiger partial charge < -0.3 is 15.4 Å². The first kappa shape index (κ1) is 20.2. The van der Waals surface area contributed by atoms with Gasteiger partial charge in [-0.15, -0.1) is 12.4 Å². The van der Waals surface area contributed by atoms with Gasteiger partial charge >= 0.3 is 5.97 Å². The lowest BCUT2D eigenvalue weighted by atomic mass is 9.85.